The minimum atomic E-state index is -0.00275. The third kappa shape index (κ3) is 2.25. The van der Waals surface area contributed by atoms with Crippen molar-refractivity contribution in [3.05, 3.63) is 71.3 Å². The van der Waals surface area contributed by atoms with Gasteiger partial charge in [0.05, 0.1) is 0 Å². The van der Waals surface area contributed by atoms with Gasteiger partial charge in [0.25, 0.3) is 0 Å². The van der Waals surface area contributed by atoms with Crippen molar-refractivity contribution in [1.82, 2.24) is 0 Å². The van der Waals surface area contributed by atoms with Crippen LogP contribution in [0.1, 0.15) is 30.5 Å². The smallest absolute Gasteiger partial charge is 0.0181 e. The van der Waals surface area contributed by atoms with Crippen molar-refractivity contribution in [1.29, 1.82) is 0 Å². The largest absolute Gasteiger partial charge is 0.326 e. The van der Waals surface area contributed by atoms with E-state index in [4.69, 9.17) is 5.73 Å². The van der Waals surface area contributed by atoms with E-state index in [-0.39, 0.29) is 5.41 Å². The molecule has 0 spiro atoms. The van der Waals surface area contributed by atoms with Gasteiger partial charge in [0.15, 0.2) is 0 Å². The fourth-order valence-corrected chi connectivity index (χ4v) is 2.32. The molecule has 88 valence electrons. The first kappa shape index (κ1) is 11.9. The Morgan fingerprint density at radius 2 is 1.47 bits per heavy atom. The summed E-state index contributed by atoms with van der Waals surface area (Å²) in [5.74, 6) is 0. The summed E-state index contributed by atoms with van der Waals surface area (Å²) >= 11 is 0. The van der Waals surface area contributed by atoms with Crippen LogP contribution in [0.4, 0.5) is 0 Å². The van der Waals surface area contributed by atoms with E-state index in [1.807, 2.05) is 6.07 Å². The molecule has 0 unspecified atom stereocenters. The van der Waals surface area contributed by atoms with Gasteiger partial charge < -0.3 is 5.73 Å². The normalized spacial score (nSPS) is 11.5. The van der Waals surface area contributed by atoms with Crippen LogP contribution in [0.25, 0.3) is 0 Å². The Morgan fingerprint density at radius 1 is 0.882 bits per heavy atom. The highest BCUT2D eigenvalue weighted by Gasteiger charge is 2.24. The van der Waals surface area contributed by atoms with Crippen LogP contribution in [0.3, 0.4) is 0 Å². The van der Waals surface area contributed by atoms with Crippen molar-refractivity contribution in [3.8, 4) is 0 Å². The lowest BCUT2D eigenvalue weighted by Gasteiger charge is -2.28. The summed E-state index contributed by atoms with van der Waals surface area (Å²) < 4.78 is 0. The molecule has 2 aromatic rings. The molecule has 2 aromatic carbocycles. The van der Waals surface area contributed by atoms with Gasteiger partial charge in [-0.15, -0.1) is 0 Å². The van der Waals surface area contributed by atoms with E-state index in [2.05, 4.69) is 62.4 Å². The molecule has 2 rings (SSSR count). The number of rotatable bonds is 3. The molecule has 0 fully saturated rings. The van der Waals surface area contributed by atoms with Gasteiger partial charge in [-0.05, 0) is 16.7 Å². The second-order valence-corrected chi connectivity index (χ2v) is 4.85. The first-order valence-corrected chi connectivity index (χ1v) is 6.00. The lowest BCUT2D eigenvalue weighted by atomic mass is 9.76. The van der Waals surface area contributed by atoms with E-state index in [1.165, 1.54) is 16.7 Å². The average molecular weight is 225 g/mol. The Morgan fingerprint density at radius 3 is 2.12 bits per heavy atom. The van der Waals surface area contributed by atoms with Crippen LogP contribution < -0.4 is 5.73 Å². The van der Waals surface area contributed by atoms with Crippen LogP contribution in [-0.4, -0.2) is 0 Å². The van der Waals surface area contributed by atoms with E-state index in [1.54, 1.807) is 0 Å². The van der Waals surface area contributed by atoms with Crippen LogP contribution in [0, 0.1) is 0 Å². The van der Waals surface area contributed by atoms with E-state index < -0.39 is 0 Å². The van der Waals surface area contributed by atoms with Crippen LogP contribution in [0.2, 0.25) is 0 Å². The van der Waals surface area contributed by atoms with Gasteiger partial charge in [-0.3, -0.25) is 0 Å². The van der Waals surface area contributed by atoms with E-state index >= 15 is 0 Å². The Labute approximate surface area is 103 Å². The molecule has 2 N–H and O–H groups in total. The predicted octanol–water partition coefficient (Wildman–Crippen LogP) is 3.47. The molecule has 0 aliphatic rings. The first-order chi connectivity index (χ1) is 8.16. The Kier molecular flexibility index (Phi) is 3.30. The van der Waals surface area contributed by atoms with E-state index in [0.29, 0.717) is 6.54 Å². The minimum Gasteiger partial charge on any atom is -0.326 e. The van der Waals surface area contributed by atoms with Crippen molar-refractivity contribution in [2.75, 3.05) is 0 Å². The lowest BCUT2D eigenvalue weighted by Crippen LogP contribution is -2.21. The number of hydrogen-bond acceptors (Lipinski definition) is 1. The van der Waals surface area contributed by atoms with Crippen molar-refractivity contribution in [2.24, 2.45) is 5.73 Å². The standard InChI is InChI=1S/C16H19N/c1-16(2,14-9-4-3-5-10-14)15-11-7-6-8-13(15)12-17/h3-11H,12,17H2,1-2H3. The van der Waals surface area contributed by atoms with Gasteiger partial charge in [0.2, 0.25) is 0 Å². The molecule has 0 heterocycles. The zero-order valence-corrected chi connectivity index (χ0v) is 10.5. The Bertz CT molecular complexity index is 486. The molecule has 0 saturated carbocycles. The zero-order valence-electron chi connectivity index (χ0n) is 10.5. The van der Waals surface area contributed by atoms with Crippen LogP contribution in [0.5, 0.6) is 0 Å². The van der Waals surface area contributed by atoms with Crippen LogP contribution >= 0.6 is 0 Å². The number of hydrogen-bond donors (Lipinski definition) is 1. The summed E-state index contributed by atoms with van der Waals surface area (Å²) in [6.45, 7) is 5.08. The third-order valence-corrected chi connectivity index (χ3v) is 3.41. The SMILES string of the molecule is CC(C)(c1ccccc1)c1ccccc1CN. The van der Waals surface area contributed by atoms with Gasteiger partial charge >= 0.3 is 0 Å². The molecular formula is C16H19N. The highest BCUT2D eigenvalue weighted by atomic mass is 14.5. The number of nitrogens with two attached hydrogens (primary N) is 1. The molecular weight excluding hydrogens is 206 g/mol. The third-order valence-electron chi connectivity index (χ3n) is 3.41. The first-order valence-electron chi connectivity index (χ1n) is 6.00. The molecule has 0 saturated heterocycles. The summed E-state index contributed by atoms with van der Waals surface area (Å²) in [7, 11) is 0. The zero-order chi connectivity index (χ0) is 12.3. The molecule has 0 aliphatic heterocycles. The molecule has 17 heavy (non-hydrogen) atoms. The Hall–Kier alpha value is -1.60. The van der Waals surface area contributed by atoms with E-state index in [0.717, 1.165) is 0 Å². The maximum absolute atomic E-state index is 5.83. The van der Waals surface area contributed by atoms with Gasteiger partial charge in [-0.1, -0.05) is 68.4 Å². The van der Waals surface area contributed by atoms with Crippen molar-refractivity contribution in [3.63, 3.8) is 0 Å². The summed E-state index contributed by atoms with van der Waals surface area (Å²) in [5, 5.41) is 0. The molecule has 0 aliphatic carbocycles. The molecule has 1 heteroatoms. The van der Waals surface area contributed by atoms with Gasteiger partial charge in [-0.2, -0.15) is 0 Å². The van der Waals surface area contributed by atoms with E-state index in [9.17, 15) is 0 Å². The lowest BCUT2D eigenvalue weighted by molar-refractivity contribution is 0.631. The predicted molar refractivity (Wildman–Crippen MR) is 72.9 cm³/mol. The molecule has 0 radical (unpaired) electrons. The fourth-order valence-electron chi connectivity index (χ4n) is 2.32. The second-order valence-electron chi connectivity index (χ2n) is 4.85. The molecule has 0 bridgehead atoms. The van der Waals surface area contributed by atoms with Gasteiger partial charge in [-0.25, -0.2) is 0 Å². The Balaban J connectivity index is 2.51. The minimum absolute atomic E-state index is 0.00275. The summed E-state index contributed by atoms with van der Waals surface area (Å²) in [4.78, 5) is 0. The second kappa shape index (κ2) is 4.72. The number of benzene rings is 2. The summed E-state index contributed by atoms with van der Waals surface area (Å²) in [6, 6.07) is 19.0. The molecule has 0 atom stereocenters. The average Bonchev–Trinajstić information content (AvgIpc) is 2.39. The van der Waals surface area contributed by atoms with Gasteiger partial charge in [0, 0.05) is 12.0 Å². The van der Waals surface area contributed by atoms with Gasteiger partial charge in [0.1, 0.15) is 0 Å². The molecule has 0 amide bonds. The molecule has 1 nitrogen and oxygen atoms in total. The highest BCUT2D eigenvalue weighted by molar-refractivity contribution is 5.42. The summed E-state index contributed by atoms with van der Waals surface area (Å²) in [5.41, 5.74) is 9.68. The fraction of sp³-hybridized carbons (Fsp3) is 0.250. The topological polar surface area (TPSA) is 26.0 Å². The maximum Gasteiger partial charge on any atom is 0.0181 e. The molecule has 0 aromatic heterocycles. The van der Waals surface area contributed by atoms with Crippen molar-refractivity contribution < 1.29 is 0 Å². The van der Waals surface area contributed by atoms with Crippen LogP contribution in [-0.2, 0) is 12.0 Å². The monoisotopic (exact) mass is 225 g/mol. The highest BCUT2D eigenvalue weighted by Crippen LogP contribution is 2.33. The van der Waals surface area contributed by atoms with Crippen molar-refractivity contribution >= 4 is 0 Å². The quantitative estimate of drug-likeness (QED) is 0.850. The van der Waals surface area contributed by atoms with Crippen molar-refractivity contribution in [2.45, 2.75) is 25.8 Å². The van der Waals surface area contributed by atoms with Crippen LogP contribution in [0.15, 0.2) is 54.6 Å². The summed E-state index contributed by atoms with van der Waals surface area (Å²) in [6.07, 6.45) is 0. The maximum atomic E-state index is 5.83.